The SMILES string of the molecule is Cc1cc(CC#N)cc(CC#N)c1.N#CNC#N. The van der Waals surface area contributed by atoms with Crippen LogP contribution in [0, 0.1) is 52.5 Å². The summed E-state index contributed by atoms with van der Waals surface area (Å²) in [5.41, 5.74) is 3.10. The minimum absolute atomic E-state index is 0.417. The zero-order chi connectivity index (χ0) is 13.8. The molecule has 0 aliphatic carbocycles. The summed E-state index contributed by atoms with van der Waals surface area (Å²) in [5, 5.41) is 33.7. The molecule has 0 aliphatic rings. The van der Waals surface area contributed by atoms with Crippen LogP contribution in [0.2, 0.25) is 0 Å². The molecule has 0 unspecified atom stereocenters. The van der Waals surface area contributed by atoms with Gasteiger partial charge in [0.1, 0.15) is 0 Å². The number of nitrogens with zero attached hydrogens (tertiary/aromatic N) is 4. The van der Waals surface area contributed by atoms with Crippen molar-refractivity contribution in [2.75, 3.05) is 0 Å². The topological polar surface area (TPSA) is 107 Å². The van der Waals surface area contributed by atoms with Gasteiger partial charge in [-0.3, -0.25) is 0 Å². The van der Waals surface area contributed by atoms with Crippen LogP contribution in [0.25, 0.3) is 0 Å². The second kappa shape index (κ2) is 9.22. The van der Waals surface area contributed by atoms with Crippen molar-refractivity contribution in [3.8, 4) is 24.5 Å². The van der Waals surface area contributed by atoms with Gasteiger partial charge in [0.15, 0.2) is 12.4 Å². The van der Waals surface area contributed by atoms with E-state index in [1.54, 1.807) is 5.32 Å². The summed E-state index contributed by atoms with van der Waals surface area (Å²) in [6.45, 7) is 1.97. The first-order valence-electron chi connectivity index (χ1n) is 5.04. The van der Waals surface area contributed by atoms with Crippen LogP contribution in [-0.2, 0) is 12.8 Å². The van der Waals surface area contributed by atoms with E-state index in [4.69, 9.17) is 21.0 Å². The van der Waals surface area contributed by atoms with E-state index in [0.717, 1.165) is 16.7 Å². The third-order valence-electron chi connectivity index (χ3n) is 1.88. The third-order valence-corrected chi connectivity index (χ3v) is 1.88. The van der Waals surface area contributed by atoms with Crippen molar-refractivity contribution in [2.24, 2.45) is 0 Å². The molecule has 1 aromatic carbocycles. The van der Waals surface area contributed by atoms with E-state index >= 15 is 0 Å². The van der Waals surface area contributed by atoms with Gasteiger partial charge in [0.25, 0.3) is 0 Å². The van der Waals surface area contributed by atoms with Crippen LogP contribution in [0.5, 0.6) is 0 Å². The third kappa shape index (κ3) is 6.46. The van der Waals surface area contributed by atoms with Gasteiger partial charge < -0.3 is 0 Å². The minimum atomic E-state index is 0.417. The average Bonchev–Trinajstić information content (AvgIpc) is 2.31. The maximum atomic E-state index is 8.52. The Bertz CT molecular complexity index is 502. The second-order valence-corrected chi connectivity index (χ2v) is 3.35. The molecule has 0 bridgehead atoms. The maximum Gasteiger partial charge on any atom is 0.190 e. The lowest BCUT2D eigenvalue weighted by molar-refractivity contribution is 1.18. The summed E-state index contributed by atoms with van der Waals surface area (Å²) in [4.78, 5) is 0. The number of rotatable bonds is 2. The van der Waals surface area contributed by atoms with Gasteiger partial charge in [-0.2, -0.15) is 21.0 Å². The standard InChI is InChI=1S/C11H10N2.C2HN3/c1-9-6-10(2-4-12)8-11(7-9)3-5-13;3-1-5-2-4/h6-8H,2-3H2,1H3;5H. The van der Waals surface area contributed by atoms with Crippen LogP contribution in [-0.4, -0.2) is 0 Å². The lowest BCUT2D eigenvalue weighted by Crippen LogP contribution is -1.89. The summed E-state index contributed by atoms with van der Waals surface area (Å²) in [5.74, 6) is 0. The second-order valence-electron chi connectivity index (χ2n) is 3.35. The van der Waals surface area contributed by atoms with Gasteiger partial charge in [-0.05, 0) is 18.1 Å². The van der Waals surface area contributed by atoms with Crippen molar-refractivity contribution >= 4 is 0 Å². The van der Waals surface area contributed by atoms with Gasteiger partial charge in [0, 0.05) is 0 Å². The van der Waals surface area contributed by atoms with Crippen LogP contribution >= 0.6 is 0 Å². The fourth-order valence-electron chi connectivity index (χ4n) is 1.36. The smallest absolute Gasteiger partial charge is 0.190 e. The highest BCUT2D eigenvalue weighted by molar-refractivity contribution is 5.32. The van der Waals surface area contributed by atoms with Crippen LogP contribution in [0.3, 0.4) is 0 Å². The Morgan fingerprint density at radius 3 is 1.61 bits per heavy atom. The lowest BCUT2D eigenvalue weighted by atomic mass is 10.0. The van der Waals surface area contributed by atoms with Crippen LogP contribution < -0.4 is 5.32 Å². The first-order chi connectivity index (χ1) is 8.67. The Morgan fingerprint density at radius 1 is 0.889 bits per heavy atom. The largest absolute Gasteiger partial charge is 0.229 e. The molecule has 0 amide bonds. The Kier molecular flexibility index (Phi) is 7.68. The Balaban J connectivity index is 0.000000494. The predicted molar refractivity (Wildman–Crippen MR) is 64.2 cm³/mol. The molecule has 0 aromatic heterocycles. The molecule has 0 spiro atoms. The van der Waals surface area contributed by atoms with E-state index in [1.807, 2.05) is 25.1 Å². The zero-order valence-electron chi connectivity index (χ0n) is 9.94. The molecular formula is C13H11N5. The molecule has 0 radical (unpaired) electrons. The Hall–Kier alpha value is -3.02. The van der Waals surface area contributed by atoms with Gasteiger partial charge in [0.2, 0.25) is 0 Å². The maximum absolute atomic E-state index is 8.52. The van der Waals surface area contributed by atoms with Crippen LogP contribution in [0.15, 0.2) is 18.2 Å². The molecule has 1 N–H and O–H groups in total. The molecule has 5 heteroatoms. The number of benzene rings is 1. The van der Waals surface area contributed by atoms with Crippen molar-refractivity contribution in [3.05, 3.63) is 34.9 Å². The van der Waals surface area contributed by atoms with Gasteiger partial charge in [0.05, 0.1) is 25.0 Å². The van der Waals surface area contributed by atoms with Crippen molar-refractivity contribution in [1.82, 2.24) is 5.32 Å². The van der Waals surface area contributed by atoms with Crippen LogP contribution in [0.1, 0.15) is 16.7 Å². The summed E-state index contributed by atoms with van der Waals surface area (Å²) in [7, 11) is 0. The van der Waals surface area contributed by atoms with Crippen molar-refractivity contribution in [1.29, 1.82) is 21.0 Å². The first-order valence-corrected chi connectivity index (χ1v) is 5.04. The van der Waals surface area contributed by atoms with E-state index in [0.29, 0.717) is 12.8 Å². The molecule has 0 saturated carbocycles. The Morgan fingerprint density at radius 2 is 1.33 bits per heavy atom. The highest BCUT2D eigenvalue weighted by Crippen LogP contribution is 2.10. The Labute approximate surface area is 106 Å². The van der Waals surface area contributed by atoms with E-state index in [-0.39, 0.29) is 0 Å². The molecule has 5 nitrogen and oxygen atoms in total. The summed E-state index contributed by atoms with van der Waals surface area (Å²) in [6, 6.07) is 10.1. The highest BCUT2D eigenvalue weighted by atomic mass is 14.8. The summed E-state index contributed by atoms with van der Waals surface area (Å²) in [6.07, 6.45) is 3.65. The molecule has 0 fully saturated rings. The lowest BCUT2D eigenvalue weighted by Gasteiger charge is -2.01. The fraction of sp³-hybridized carbons (Fsp3) is 0.231. The van der Waals surface area contributed by atoms with Crippen molar-refractivity contribution < 1.29 is 0 Å². The molecule has 88 valence electrons. The first kappa shape index (κ1) is 15.0. The minimum Gasteiger partial charge on any atom is -0.229 e. The normalized spacial score (nSPS) is 7.39. The summed E-state index contributed by atoms with van der Waals surface area (Å²) < 4.78 is 0. The van der Waals surface area contributed by atoms with Crippen LogP contribution in [0.4, 0.5) is 0 Å². The van der Waals surface area contributed by atoms with E-state index in [9.17, 15) is 0 Å². The summed E-state index contributed by atoms with van der Waals surface area (Å²) >= 11 is 0. The predicted octanol–water partition coefficient (Wildman–Crippen LogP) is 1.67. The number of hydrogen-bond acceptors (Lipinski definition) is 5. The van der Waals surface area contributed by atoms with Gasteiger partial charge in [-0.25, -0.2) is 5.32 Å². The quantitative estimate of drug-likeness (QED) is 0.621. The average molecular weight is 237 g/mol. The number of hydrogen-bond donors (Lipinski definition) is 1. The fourth-order valence-corrected chi connectivity index (χ4v) is 1.36. The molecule has 1 rings (SSSR count). The molecular weight excluding hydrogens is 226 g/mol. The van der Waals surface area contributed by atoms with E-state index < -0.39 is 0 Å². The molecule has 1 aromatic rings. The number of aryl methyl sites for hydroxylation is 1. The van der Waals surface area contributed by atoms with Crippen molar-refractivity contribution in [2.45, 2.75) is 19.8 Å². The van der Waals surface area contributed by atoms with Gasteiger partial charge >= 0.3 is 0 Å². The molecule has 0 saturated heterocycles. The number of nitrogens with one attached hydrogen (secondary N) is 1. The molecule has 18 heavy (non-hydrogen) atoms. The highest BCUT2D eigenvalue weighted by Gasteiger charge is 1.97. The van der Waals surface area contributed by atoms with E-state index in [1.165, 1.54) is 12.4 Å². The zero-order valence-corrected chi connectivity index (χ0v) is 9.94. The molecule has 0 atom stereocenters. The molecule has 0 heterocycles. The number of nitriles is 4. The van der Waals surface area contributed by atoms with Gasteiger partial charge in [-0.1, -0.05) is 23.8 Å². The van der Waals surface area contributed by atoms with Gasteiger partial charge in [-0.15, -0.1) is 0 Å². The van der Waals surface area contributed by atoms with Crippen molar-refractivity contribution in [3.63, 3.8) is 0 Å². The van der Waals surface area contributed by atoms with E-state index in [2.05, 4.69) is 12.1 Å². The monoisotopic (exact) mass is 237 g/mol. The molecule has 0 aliphatic heterocycles.